The van der Waals surface area contributed by atoms with Gasteiger partial charge in [0.25, 0.3) is 0 Å². The number of nitrogens with two attached hydrogens (primary N) is 1. The molecule has 0 aliphatic carbocycles. The summed E-state index contributed by atoms with van der Waals surface area (Å²) in [7, 11) is 4.17. The maximum Gasteiger partial charge on any atom is 0.119 e. The number of rotatable bonds is 7. The molecule has 90 valence electrons. The Bertz CT molecular complexity index is 300. The zero-order valence-corrected chi connectivity index (χ0v) is 10.3. The molecule has 0 unspecified atom stereocenters. The molecular formula is C13H22N2O. The van der Waals surface area contributed by atoms with Crippen molar-refractivity contribution in [2.75, 3.05) is 33.8 Å². The highest BCUT2D eigenvalue weighted by molar-refractivity contribution is 5.28. The molecule has 0 saturated carbocycles. The second-order valence-corrected chi connectivity index (χ2v) is 4.19. The lowest BCUT2D eigenvalue weighted by Gasteiger charge is -2.10. The summed E-state index contributed by atoms with van der Waals surface area (Å²) in [6.07, 6.45) is 1.96. The Hall–Kier alpha value is -1.06. The predicted molar refractivity (Wildman–Crippen MR) is 67.9 cm³/mol. The fourth-order valence-electron chi connectivity index (χ4n) is 1.42. The number of hydrogen-bond acceptors (Lipinski definition) is 3. The molecule has 0 saturated heterocycles. The molecule has 0 heterocycles. The van der Waals surface area contributed by atoms with E-state index in [1.54, 1.807) is 0 Å². The Balaban J connectivity index is 2.43. The summed E-state index contributed by atoms with van der Waals surface area (Å²) in [5, 5.41) is 0. The lowest BCUT2D eigenvalue weighted by Crippen LogP contribution is -2.15. The third kappa shape index (κ3) is 5.14. The summed E-state index contributed by atoms with van der Waals surface area (Å²) in [5.74, 6) is 0.949. The number of hydrogen-bond donors (Lipinski definition) is 1. The van der Waals surface area contributed by atoms with E-state index in [1.807, 2.05) is 12.1 Å². The van der Waals surface area contributed by atoms with Crippen molar-refractivity contribution in [3.8, 4) is 5.75 Å². The van der Waals surface area contributed by atoms with Crippen molar-refractivity contribution in [1.29, 1.82) is 0 Å². The second-order valence-electron chi connectivity index (χ2n) is 4.19. The lowest BCUT2D eigenvalue weighted by atomic mass is 10.1. The van der Waals surface area contributed by atoms with E-state index in [0.717, 1.165) is 25.1 Å². The molecule has 3 nitrogen and oxygen atoms in total. The zero-order chi connectivity index (χ0) is 11.8. The Morgan fingerprint density at radius 3 is 2.81 bits per heavy atom. The minimum Gasteiger partial charge on any atom is -0.494 e. The molecule has 0 aromatic heterocycles. The molecule has 3 heteroatoms. The summed E-state index contributed by atoms with van der Waals surface area (Å²) in [5.41, 5.74) is 6.74. The predicted octanol–water partition coefficient (Wildman–Crippen LogP) is 1.52. The van der Waals surface area contributed by atoms with E-state index in [2.05, 4.69) is 31.1 Å². The molecule has 0 aliphatic heterocycles. The van der Waals surface area contributed by atoms with E-state index in [1.165, 1.54) is 5.56 Å². The SMILES string of the molecule is CN(C)CCc1cccc(OCCCN)c1. The molecule has 0 atom stereocenters. The van der Waals surface area contributed by atoms with Crippen LogP contribution in [0.2, 0.25) is 0 Å². The molecule has 0 bridgehead atoms. The van der Waals surface area contributed by atoms with Crippen LogP contribution in [0.4, 0.5) is 0 Å². The first-order valence-corrected chi connectivity index (χ1v) is 5.79. The van der Waals surface area contributed by atoms with E-state index in [0.29, 0.717) is 13.2 Å². The zero-order valence-electron chi connectivity index (χ0n) is 10.3. The van der Waals surface area contributed by atoms with E-state index in [-0.39, 0.29) is 0 Å². The Labute approximate surface area is 98.2 Å². The monoisotopic (exact) mass is 222 g/mol. The van der Waals surface area contributed by atoms with Gasteiger partial charge in [-0.1, -0.05) is 12.1 Å². The van der Waals surface area contributed by atoms with Crippen LogP contribution in [-0.4, -0.2) is 38.7 Å². The normalized spacial score (nSPS) is 10.8. The lowest BCUT2D eigenvalue weighted by molar-refractivity contribution is 0.313. The molecule has 0 radical (unpaired) electrons. The van der Waals surface area contributed by atoms with Gasteiger partial charge in [-0.15, -0.1) is 0 Å². The van der Waals surface area contributed by atoms with Crippen molar-refractivity contribution in [2.45, 2.75) is 12.8 Å². The molecule has 16 heavy (non-hydrogen) atoms. The van der Waals surface area contributed by atoms with Gasteiger partial charge in [0, 0.05) is 6.54 Å². The average molecular weight is 222 g/mol. The van der Waals surface area contributed by atoms with Crippen molar-refractivity contribution in [1.82, 2.24) is 4.90 Å². The van der Waals surface area contributed by atoms with Crippen LogP contribution in [0, 0.1) is 0 Å². The van der Waals surface area contributed by atoms with Crippen molar-refractivity contribution in [3.05, 3.63) is 29.8 Å². The molecule has 1 aromatic carbocycles. The van der Waals surface area contributed by atoms with E-state index >= 15 is 0 Å². The first-order valence-electron chi connectivity index (χ1n) is 5.79. The number of benzene rings is 1. The molecular weight excluding hydrogens is 200 g/mol. The van der Waals surface area contributed by atoms with Gasteiger partial charge in [0.2, 0.25) is 0 Å². The van der Waals surface area contributed by atoms with Gasteiger partial charge < -0.3 is 15.4 Å². The minimum atomic E-state index is 0.681. The standard InChI is InChI=1S/C13H22N2O/c1-15(2)9-7-12-5-3-6-13(11-12)16-10-4-8-14/h3,5-6,11H,4,7-10,14H2,1-2H3. The molecule has 0 spiro atoms. The minimum absolute atomic E-state index is 0.681. The Kier molecular flexibility index (Phi) is 5.90. The fraction of sp³-hybridized carbons (Fsp3) is 0.538. The number of nitrogens with zero attached hydrogens (tertiary/aromatic N) is 1. The van der Waals surface area contributed by atoms with Gasteiger partial charge in [0.05, 0.1) is 6.61 Å². The largest absolute Gasteiger partial charge is 0.494 e. The number of ether oxygens (including phenoxy) is 1. The van der Waals surface area contributed by atoms with Crippen molar-refractivity contribution in [2.24, 2.45) is 5.73 Å². The quantitative estimate of drug-likeness (QED) is 0.711. The van der Waals surface area contributed by atoms with E-state index in [9.17, 15) is 0 Å². The highest BCUT2D eigenvalue weighted by Gasteiger charge is 1.98. The smallest absolute Gasteiger partial charge is 0.119 e. The summed E-state index contributed by atoms with van der Waals surface area (Å²) in [6, 6.07) is 8.29. The van der Waals surface area contributed by atoms with Gasteiger partial charge in [-0.25, -0.2) is 0 Å². The van der Waals surface area contributed by atoms with Gasteiger partial charge in [0.1, 0.15) is 5.75 Å². The van der Waals surface area contributed by atoms with E-state index < -0.39 is 0 Å². The van der Waals surface area contributed by atoms with Gasteiger partial charge in [0.15, 0.2) is 0 Å². The number of likely N-dealkylation sites (N-methyl/N-ethyl adjacent to an activating group) is 1. The maximum atomic E-state index is 5.60. The summed E-state index contributed by atoms with van der Waals surface area (Å²) in [4.78, 5) is 2.18. The highest BCUT2D eigenvalue weighted by atomic mass is 16.5. The Morgan fingerprint density at radius 2 is 2.12 bits per heavy atom. The van der Waals surface area contributed by atoms with Crippen LogP contribution in [0.1, 0.15) is 12.0 Å². The van der Waals surface area contributed by atoms with Gasteiger partial charge in [-0.05, 0) is 51.2 Å². The Morgan fingerprint density at radius 1 is 1.31 bits per heavy atom. The summed E-state index contributed by atoms with van der Waals surface area (Å²) >= 11 is 0. The molecule has 0 fully saturated rings. The molecule has 1 aromatic rings. The molecule has 1 rings (SSSR count). The third-order valence-corrected chi connectivity index (χ3v) is 2.36. The van der Waals surface area contributed by atoms with Crippen LogP contribution in [0.25, 0.3) is 0 Å². The van der Waals surface area contributed by atoms with Crippen LogP contribution in [0.15, 0.2) is 24.3 Å². The maximum absolute atomic E-state index is 5.60. The summed E-state index contributed by atoms with van der Waals surface area (Å²) < 4.78 is 5.60. The average Bonchev–Trinajstić information content (AvgIpc) is 2.27. The van der Waals surface area contributed by atoms with Crippen LogP contribution < -0.4 is 10.5 Å². The van der Waals surface area contributed by atoms with Crippen molar-refractivity contribution < 1.29 is 4.74 Å². The van der Waals surface area contributed by atoms with Crippen molar-refractivity contribution in [3.63, 3.8) is 0 Å². The first-order chi connectivity index (χ1) is 7.72. The topological polar surface area (TPSA) is 38.5 Å². The van der Waals surface area contributed by atoms with Crippen molar-refractivity contribution >= 4 is 0 Å². The first kappa shape index (κ1) is 13.0. The van der Waals surface area contributed by atoms with Gasteiger partial charge >= 0.3 is 0 Å². The van der Waals surface area contributed by atoms with Crippen LogP contribution in [-0.2, 0) is 6.42 Å². The fourth-order valence-corrected chi connectivity index (χ4v) is 1.42. The van der Waals surface area contributed by atoms with Crippen LogP contribution in [0.3, 0.4) is 0 Å². The van der Waals surface area contributed by atoms with Gasteiger partial charge in [-0.3, -0.25) is 0 Å². The molecule has 2 N–H and O–H groups in total. The second kappa shape index (κ2) is 7.25. The molecule has 0 aliphatic rings. The van der Waals surface area contributed by atoms with Crippen LogP contribution >= 0.6 is 0 Å². The van der Waals surface area contributed by atoms with Gasteiger partial charge in [-0.2, -0.15) is 0 Å². The van der Waals surface area contributed by atoms with E-state index in [4.69, 9.17) is 10.5 Å². The highest BCUT2D eigenvalue weighted by Crippen LogP contribution is 2.14. The van der Waals surface area contributed by atoms with Crippen LogP contribution in [0.5, 0.6) is 5.75 Å². The third-order valence-electron chi connectivity index (χ3n) is 2.36. The summed E-state index contributed by atoms with van der Waals surface area (Å²) in [6.45, 7) is 2.44. The molecule has 0 amide bonds.